The third-order valence-corrected chi connectivity index (χ3v) is 2.42. The molecule has 0 spiro atoms. The molecule has 0 bridgehead atoms. The molecule has 1 heterocycles. The van der Waals surface area contributed by atoms with Crippen LogP contribution in [0, 0.1) is 13.8 Å². The standard InChI is InChI=1S/C11H12N2O/c1-7-3-10-8(2)5-13(12)6-9(10)4-11(7)14/h3-6H,12H2,1-2H3/p+1. The van der Waals surface area contributed by atoms with Crippen molar-refractivity contribution in [2.45, 2.75) is 13.8 Å². The second-order valence-electron chi connectivity index (χ2n) is 3.61. The van der Waals surface area contributed by atoms with Gasteiger partial charge in [0, 0.05) is 5.56 Å². The topological polar surface area (TPSA) is 50.1 Å². The number of rotatable bonds is 0. The quantitative estimate of drug-likeness (QED) is 0.482. The largest absolute Gasteiger partial charge is 0.508 e. The van der Waals surface area contributed by atoms with Gasteiger partial charge in [-0.2, -0.15) is 0 Å². The van der Waals surface area contributed by atoms with Crippen LogP contribution in [0.1, 0.15) is 11.1 Å². The van der Waals surface area contributed by atoms with Crippen molar-refractivity contribution >= 4 is 10.8 Å². The normalized spacial score (nSPS) is 10.7. The molecule has 3 N–H and O–H groups in total. The molecule has 2 aromatic rings. The molecule has 0 aliphatic carbocycles. The van der Waals surface area contributed by atoms with Crippen LogP contribution in [-0.4, -0.2) is 5.11 Å². The number of aromatic hydroxyl groups is 1. The van der Waals surface area contributed by atoms with Gasteiger partial charge in [-0.15, -0.1) is 0 Å². The molecule has 0 fully saturated rings. The monoisotopic (exact) mass is 189 g/mol. The minimum Gasteiger partial charge on any atom is -0.508 e. The lowest BCUT2D eigenvalue weighted by Gasteiger charge is -2.03. The van der Waals surface area contributed by atoms with Gasteiger partial charge in [-0.1, -0.05) is 4.68 Å². The van der Waals surface area contributed by atoms with E-state index in [9.17, 15) is 5.11 Å². The zero-order chi connectivity index (χ0) is 10.3. The summed E-state index contributed by atoms with van der Waals surface area (Å²) in [6.07, 6.45) is 3.65. The van der Waals surface area contributed by atoms with Gasteiger partial charge in [0.25, 0.3) is 0 Å². The summed E-state index contributed by atoms with van der Waals surface area (Å²) in [6, 6.07) is 3.71. The van der Waals surface area contributed by atoms with Crippen LogP contribution in [0.5, 0.6) is 5.75 Å². The second-order valence-corrected chi connectivity index (χ2v) is 3.61. The maximum Gasteiger partial charge on any atom is 0.207 e. The van der Waals surface area contributed by atoms with Crippen LogP contribution in [0.15, 0.2) is 24.5 Å². The first-order valence-corrected chi connectivity index (χ1v) is 4.48. The molecule has 2 rings (SSSR count). The molecule has 0 atom stereocenters. The Labute approximate surface area is 82.4 Å². The van der Waals surface area contributed by atoms with Crippen LogP contribution in [0.3, 0.4) is 0 Å². The number of phenolic OH excluding ortho intramolecular Hbond substituents is 1. The molecule has 3 heteroatoms. The number of nitrogens with two attached hydrogens (primary N) is 1. The molecule has 14 heavy (non-hydrogen) atoms. The molecular formula is C11H13N2O+. The molecule has 0 amide bonds. The van der Waals surface area contributed by atoms with E-state index in [0.29, 0.717) is 5.75 Å². The summed E-state index contributed by atoms with van der Waals surface area (Å²) in [5, 5.41) is 11.6. The van der Waals surface area contributed by atoms with Crippen molar-refractivity contribution in [3.05, 3.63) is 35.7 Å². The lowest BCUT2D eigenvalue weighted by atomic mass is 10.1. The summed E-state index contributed by atoms with van der Waals surface area (Å²) in [5.41, 5.74) is 1.99. The molecule has 0 aliphatic heterocycles. The van der Waals surface area contributed by atoms with Gasteiger partial charge in [-0.3, -0.25) is 0 Å². The first-order valence-electron chi connectivity index (χ1n) is 4.48. The number of pyridine rings is 1. The minimum absolute atomic E-state index is 0.308. The SMILES string of the molecule is Cc1cc2c(C)c[n+](N)cc2cc1O. The van der Waals surface area contributed by atoms with Gasteiger partial charge in [0.15, 0.2) is 0 Å². The predicted molar refractivity (Wildman–Crippen MR) is 55.4 cm³/mol. The number of aromatic nitrogens is 1. The number of fused-ring (bicyclic) bond motifs is 1. The Hall–Kier alpha value is -1.77. The first-order chi connectivity index (χ1) is 6.58. The van der Waals surface area contributed by atoms with Gasteiger partial charge in [0.1, 0.15) is 5.75 Å². The smallest absolute Gasteiger partial charge is 0.207 e. The van der Waals surface area contributed by atoms with E-state index in [4.69, 9.17) is 5.84 Å². The van der Waals surface area contributed by atoms with Crippen molar-refractivity contribution in [1.82, 2.24) is 0 Å². The minimum atomic E-state index is 0.308. The Balaban J connectivity index is 2.89. The van der Waals surface area contributed by atoms with E-state index in [1.807, 2.05) is 26.1 Å². The molecular weight excluding hydrogens is 176 g/mol. The van der Waals surface area contributed by atoms with Crippen molar-refractivity contribution < 1.29 is 9.78 Å². The Morgan fingerprint density at radius 2 is 1.86 bits per heavy atom. The lowest BCUT2D eigenvalue weighted by Crippen LogP contribution is -2.43. The third kappa shape index (κ3) is 1.27. The number of nitrogens with zero attached hydrogens (tertiary/aromatic N) is 1. The molecule has 0 radical (unpaired) electrons. The number of nitrogen functional groups attached to an aromatic ring is 1. The predicted octanol–water partition coefficient (Wildman–Crippen LogP) is 1.16. The first kappa shape index (κ1) is 8.81. The fourth-order valence-electron chi connectivity index (χ4n) is 1.65. The highest BCUT2D eigenvalue weighted by molar-refractivity contribution is 5.86. The second kappa shape index (κ2) is 2.87. The van der Waals surface area contributed by atoms with Gasteiger partial charge in [-0.25, -0.2) is 5.84 Å². The summed E-state index contributed by atoms with van der Waals surface area (Å²) >= 11 is 0. The van der Waals surface area contributed by atoms with E-state index in [-0.39, 0.29) is 0 Å². The van der Waals surface area contributed by atoms with Crippen LogP contribution in [-0.2, 0) is 0 Å². The van der Waals surface area contributed by atoms with E-state index in [1.165, 1.54) is 4.68 Å². The summed E-state index contributed by atoms with van der Waals surface area (Å²) in [4.78, 5) is 0. The number of hydrogen-bond acceptors (Lipinski definition) is 2. The van der Waals surface area contributed by atoms with E-state index in [0.717, 1.165) is 21.9 Å². The average molecular weight is 189 g/mol. The highest BCUT2D eigenvalue weighted by atomic mass is 16.3. The average Bonchev–Trinajstić information content (AvgIpc) is 2.08. The maximum atomic E-state index is 9.55. The fraction of sp³-hybridized carbons (Fsp3) is 0.182. The van der Waals surface area contributed by atoms with E-state index in [2.05, 4.69) is 0 Å². The Kier molecular flexibility index (Phi) is 1.81. The Morgan fingerprint density at radius 3 is 2.57 bits per heavy atom. The van der Waals surface area contributed by atoms with Gasteiger partial charge >= 0.3 is 0 Å². The molecule has 1 aromatic carbocycles. The molecule has 0 saturated carbocycles. The summed E-state index contributed by atoms with van der Waals surface area (Å²) < 4.78 is 1.51. The fourth-order valence-corrected chi connectivity index (χ4v) is 1.65. The molecule has 1 aromatic heterocycles. The number of phenols is 1. The molecule has 0 unspecified atom stereocenters. The summed E-state index contributed by atoms with van der Waals surface area (Å²) in [7, 11) is 0. The van der Waals surface area contributed by atoms with E-state index >= 15 is 0 Å². The molecule has 72 valence electrons. The zero-order valence-electron chi connectivity index (χ0n) is 8.28. The van der Waals surface area contributed by atoms with Crippen molar-refractivity contribution in [3.63, 3.8) is 0 Å². The summed E-state index contributed by atoms with van der Waals surface area (Å²) in [5.74, 6) is 5.96. The van der Waals surface area contributed by atoms with Crippen molar-refractivity contribution in [2.75, 3.05) is 5.84 Å². The van der Waals surface area contributed by atoms with E-state index < -0.39 is 0 Å². The van der Waals surface area contributed by atoms with Crippen LogP contribution in [0.25, 0.3) is 10.8 Å². The van der Waals surface area contributed by atoms with Crippen molar-refractivity contribution in [1.29, 1.82) is 0 Å². The zero-order valence-corrected chi connectivity index (χ0v) is 8.28. The van der Waals surface area contributed by atoms with Gasteiger partial charge in [0.05, 0.1) is 5.39 Å². The maximum absolute atomic E-state index is 9.55. The molecule has 0 saturated heterocycles. The van der Waals surface area contributed by atoms with Crippen LogP contribution >= 0.6 is 0 Å². The highest BCUT2D eigenvalue weighted by Gasteiger charge is 2.07. The van der Waals surface area contributed by atoms with Crippen LogP contribution in [0.4, 0.5) is 0 Å². The Morgan fingerprint density at radius 1 is 1.14 bits per heavy atom. The molecule has 3 nitrogen and oxygen atoms in total. The van der Waals surface area contributed by atoms with Gasteiger partial charge in [-0.05, 0) is 36.9 Å². The van der Waals surface area contributed by atoms with Crippen molar-refractivity contribution in [2.24, 2.45) is 0 Å². The molecule has 0 aliphatic rings. The van der Waals surface area contributed by atoms with Crippen LogP contribution < -0.4 is 10.5 Å². The number of aryl methyl sites for hydroxylation is 2. The van der Waals surface area contributed by atoms with Crippen LogP contribution in [0.2, 0.25) is 0 Å². The van der Waals surface area contributed by atoms with E-state index in [1.54, 1.807) is 12.3 Å². The lowest BCUT2D eigenvalue weighted by molar-refractivity contribution is -0.637. The van der Waals surface area contributed by atoms with Crippen molar-refractivity contribution in [3.8, 4) is 5.75 Å². The summed E-state index contributed by atoms with van der Waals surface area (Å²) in [6.45, 7) is 3.89. The van der Waals surface area contributed by atoms with Gasteiger partial charge in [0.2, 0.25) is 12.4 Å². The third-order valence-electron chi connectivity index (χ3n) is 2.42. The number of hydrogen-bond donors (Lipinski definition) is 2. The highest BCUT2D eigenvalue weighted by Crippen LogP contribution is 2.24. The number of benzene rings is 1. The Bertz CT molecular complexity index is 506. The van der Waals surface area contributed by atoms with Gasteiger partial charge < -0.3 is 5.11 Å².